The Morgan fingerprint density at radius 3 is 2.59 bits per heavy atom. The zero-order chi connectivity index (χ0) is 12.1. The number of nitrogens with zero attached hydrogens (tertiary/aromatic N) is 1. The van der Waals surface area contributed by atoms with Crippen LogP contribution in [0, 0.1) is 0 Å². The third-order valence-electron chi connectivity index (χ3n) is 2.23. The van der Waals surface area contributed by atoms with Gasteiger partial charge >= 0.3 is 0 Å². The summed E-state index contributed by atoms with van der Waals surface area (Å²) < 4.78 is 0. The van der Waals surface area contributed by atoms with Crippen LogP contribution in [0.25, 0.3) is 0 Å². The Labute approximate surface area is 98.9 Å². The lowest BCUT2D eigenvalue weighted by Crippen LogP contribution is -2.15. The highest BCUT2D eigenvalue weighted by molar-refractivity contribution is 5.91. The summed E-state index contributed by atoms with van der Waals surface area (Å²) >= 11 is 0. The maximum Gasteiger partial charge on any atom is 0.229 e. The minimum Gasteiger partial charge on any atom is -0.508 e. The zero-order valence-electron chi connectivity index (χ0n) is 9.13. The lowest BCUT2D eigenvalue weighted by molar-refractivity contribution is -0.115. The number of hydrogen-bond donors (Lipinski definition) is 2. The lowest BCUT2D eigenvalue weighted by Gasteiger charge is -2.04. The van der Waals surface area contributed by atoms with Crippen LogP contribution >= 0.6 is 0 Å². The number of anilines is 1. The Balaban J connectivity index is 1.96. The van der Waals surface area contributed by atoms with Crippen molar-refractivity contribution in [3.8, 4) is 5.75 Å². The minimum absolute atomic E-state index is 0.130. The maximum absolute atomic E-state index is 11.7. The van der Waals surface area contributed by atoms with Crippen LogP contribution in [0.4, 0.5) is 5.82 Å². The SMILES string of the molecule is O=C(Cc1ccc(O)cc1)Nc1ccccn1. The van der Waals surface area contributed by atoms with Gasteiger partial charge in [-0.2, -0.15) is 0 Å². The van der Waals surface area contributed by atoms with Crippen molar-refractivity contribution in [3.05, 3.63) is 54.2 Å². The molecule has 4 nitrogen and oxygen atoms in total. The number of pyridine rings is 1. The number of phenolic OH excluding ortho intramolecular Hbond substituents is 1. The number of rotatable bonds is 3. The fourth-order valence-electron chi connectivity index (χ4n) is 1.42. The van der Waals surface area contributed by atoms with Crippen molar-refractivity contribution < 1.29 is 9.90 Å². The average molecular weight is 228 g/mol. The van der Waals surface area contributed by atoms with E-state index in [0.29, 0.717) is 5.82 Å². The van der Waals surface area contributed by atoms with Crippen molar-refractivity contribution >= 4 is 11.7 Å². The summed E-state index contributed by atoms with van der Waals surface area (Å²) in [6.45, 7) is 0. The standard InChI is InChI=1S/C13H12N2O2/c16-11-6-4-10(5-7-11)9-13(17)15-12-3-1-2-8-14-12/h1-8,16H,9H2,(H,14,15,17). The van der Waals surface area contributed by atoms with E-state index < -0.39 is 0 Å². The lowest BCUT2D eigenvalue weighted by atomic mass is 10.1. The largest absolute Gasteiger partial charge is 0.508 e. The fourth-order valence-corrected chi connectivity index (χ4v) is 1.42. The van der Waals surface area contributed by atoms with E-state index in [1.165, 1.54) is 0 Å². The van der Waals surface area contributed by atoms with Crippen molar-refractivity contribution in [3.63, 3.8) is 0 Å². The van der Waals surface area contributed by atoms with Crippen molar-refractivity contribution in [2.45, 2.75) is 6.42 Å². The monoisotopic (exact) mass is 228 g/mol. The molecule has 2 rings (SSSR count). The molecule has 0 atom stereocenters. The van der Waals surface area contributed by atoms with Gasteiger partial charge in [0.1, 0.15) is 11.6 Å². The molecule has 4 heteroatoms. The molecular weight excluding hydrogens is 216 g/mol. The van der Waals surface area contributed by atoms with Gasteiger partial charge in [-0.1, -0.05) is 18.2 Å². The number of nitrogens with one attached hydrogen (secondary N) is 1. The van der Waals surface area contributed by atoms with E-state index in [9.17, 15) is 4.79 Å². The van der Waals surface area contributed by atoms with Gasteiger partial charge < -0.3 is 10.4 Å². The summed E-state index contributed by atoms with van der Waals surface area (Å²) in [5.41, 5.74) is 0.844. The first kappa shape index (κ1) is 11.1. The highest BCUT2D eigenvalue weighted by atomic mass is 16.3. The van der Waals surface area contributed by atoms with Crippen molar-refractivity contribution in [2.75, 3.05) is 5.32 Å². The quantitative estimate of drug-likeness (QED) is 0.844. The molecule has 0 saturated heterocycles. The Kier molecular flexibility index (Phi) is 3.35. The molecule has 1 aromatic carbocycles. The second kappa shape index (κ2) is 5.12. The van der Waals surface area contributed by atoms with E-state index in [0.717, 1.165) is 5.56 Å². The van der Waals surface area contributed by atoms with Gasteiger partial charge in [-0.3, -0.25) is 4.79 Å². The Hall–Kier alpha value is -2.36. The molecule has 0 radical (unpaired) electrons. The molecule has 2 aromatic rings. The molecule has 0 saturated carbocycles. The molecule has 1 amide bonds. The molecule has 0 unspecified atom stereocenters. The number of amides is 1. The molecule has 1 aromatic heterocycles. The molecule has 0 bridgehead atoms. The smallest absolute Gasteiger partial charge is 0.229 e. The summed E-state index contributed by atoms with van der Waals surface area (Å²) in [5.74, 6) is 0.601. The van der Waals surface area contributed by atoms with Gasteiger partial charge in [-0.15, -0.1) is 0 Å². The molecule has 2 N–H and O–H groups in total. The molecule has 86 valence electrons. The number of benzene rings is 1. The maximum atomic E-state index is 11.7. The van der Waals surface area contributed by atoms with Crippen LogP contribution in [0.1, 0.15) is 5.56 Å². The third kappa shape index (κ3) is 3.31. The molecule has 0 spiro atoms. The summed E-state index contributed by atoms with van der Waals surface area (Å²) in [6.07, 6.45) is 1.88. The minimum atomic E-state index is -0.130. The van der Waals surface area contributed by atoms with Gasteiger partial charge in [0.15, 0.2) is 0 Å². The zero-order valence-corrected chi connectivity index (χ0v) is 9.13. The van der Waals surface area contributed by atoms with Gasteiger partial charge in [0.05, 0.1) is 6.42 Å². The van der Waals surface area contributed by atoms with E-state index in [2.05, 4.69) is 10.3 Å². The summed E-state index contributed by atoms with van der Waals surface area (Å²) in [4.78, 5) is 15.7. The van der Waals surface area contributed by atoms with Crippen LogP contribution < -0.4 is 5.32 Å². The van der Waals surface area contributed by atoms with E-state index in [1.807, 2.05) is 6.07 Å². The van der Waals surface area contributed by atoms with Crippen molar-refractivity contribution in [2.24, 2.45) is 0 Å². The Morgan fingerprint density at radius 2 is 1.94 bits per heavy atom. The van der Waals surface area contributed by atoms with Crippen molar-refractivity contribution in [1.29, 1.82) is 0 Å². The van der Waals surface area contributed by atoms with Crippen molar-refractivity contribution in [1.82, 2.24) is 4.98 Å². The van der Waals surface area contributed by atoms with Gasteiger partial charge in [0, 0.05) is 6.20 Å². The number of hydrogen-bond acceptors (Lipinski definition) is 3. The number of carbonyl (C=O) groups is 1. The van der Waals surface area contributed by atoms with Gasteiger partial charge in [-0.05, 0) is 29.8 Å². The molecule has 0 aliphatic heterocycles. The second-order valence-corrected chi connectivity index (χ2v) is 3.61. The highest BCUT2D eigenvalue weighted by Gasteiger charge is 2.04. The Bertz CT molecular complexity index is 495. The van der Waals surface area contributed by atoms with E-state index in [4.69, 9.17) is 5.11 Å². The average Bonchev–Trinajstić information content (AvgIpc) is 2.33. The summed E-state index contributed by atoms with van der Waals surface area (Å²) in [7, 11) is 0. The van der Waals surface area contributed by atoms with E-state index >= 15 is 0 Å². The predicted molar refractivity (Wildman–Crippen MR) is 64.7 cm³/mol. The van der Waals surface area contributed by atoms with Crippen LogP contribution in [0.5, 0.6) is 5.75 Å². The van der Waals surface area contributed by atoms with Crippen LogP contribution in [0.3, 0.4) is 0 Å². The highest BCUT2D eigenvalue weighted by Crippen LogP contribution is 2.10. The molecule has 0 aliphatic rings. The topological polar surface area (TPSA) is 62.2 Å². The second-order valence-electron chi connectivity index (χ2n) is 3.61. The first-order valence-corrected chi connectivity index (χ1v) is 5.23. The molecular formula is C13H12N2O2. The van der Waals surface area contributed by atoms with E-state index in [-0.39, 0.29) is 18.1 Å². The fraction of sp³-hybridized carbons (Fsp3) is 0.0769. The van der Waals surface area contributed by atoms with Crippen LogP contribution in [-0.4, -0.2) is 16.0 Å². The van der Waals surface area contributed by atoms with Crippen LogP contribution in [-0.2, 0) is 11.2 Å². The molecule has 0 aliphatic carbocycles. The number of carbonyl (C=O) groups excluding carboxylic acids is 1. The van der Waals surface area contributed by atoms with Gasteiger partial charge in [0.25, 0.3) is 0 Å². The van der Waals surface area contributed by atoms with Crippen LogP contribution in [0.2, 0.25) is 0 Å². The number of phenols is 1. The Morgan fingerprint density at radius 1 is 1.18 bits per heavy atom. The van der Waals surface area contributed by atoms with Gasteiger partial charge in [-0.25, -0.2) is 4.98 Å². The first-order chi connectivity index (χ1) is 8.24. The van der Waals surface area contributed by atoms with Crippen LogP contribution in [0.15, 0.2) is 48.7 Å². The molecule has 1 heterocycles. The predicted octanol–water partition coefficient (Wildman–Crippen LogP) is 1.97. The normalized spacial score (nSPS) is 9.88. The summed E-state index contributed by atoms with van der Waals surface area (Å²) in [5, 5.41) is 11.8. The summed E-state index contributed by atoms with van der Waals surface area (Å²) in [6, 6.07) is 11.9. The molecule has 17 heavy (non-hydrogen) atoms. The molecule has 0 fully saturated rings. The third-order valence-corrected chi connectivity index (χ3v) is 2.23. The number of aromatic hydroxyl groups is 1. The van der Waals surface area contributed by atoms with E-state index in [1.54, 1.807) is 42.6 Å². The first-order valence-electron chi connectivity index (χ1n) is 5.23. The van der Waals surface area contributed by atoms with Gasteiger partial charge in [0.2, 0.25) is 5.91 Å². The number of aromatic nitrogens is 1.